The van der Waals surface area contributed by atoms with Gasteiger partial charge in [0, 0.05) is 19.5 Å². The highest BCUT2D eigenvalue weighted by Crippen LogP contribution is 2.47. The molecule has 2 unspecified atom stereocenters. The Labute approximate surface area is 327 Å². The molecule has 302 valence electrons. The van der Waals surface area contributed by atoms with Crippen molar-refractivity contribution in [2.24, 2.45) is 21.8 Å². The molecule has 0 spiro atoms. The van der Waals surface area contributed by atoms with Gasteiger partial charge >= 0.3 is 12.2 Å². The van der Waals surface area contributed by atoms with Crippen molar-refractivity contribution in [3.63, 3.8) is 0 Å². The van der Waals surface area contributed by atoms with Gasteiger partial charge in [-0.3, -0.25) is 19.6 Å². The Bertz CT molecular complexity index is 1850. The molecular weight excluding hydrogens is 720 g/mol. The number of rotatable bonds is 14. The van der Waals surface area contributed by atoms with Crippen molar-refractivity contribution in [1.82, 2.24) is 31.5 Å². The SMILES string of the molecule is COC(=O)N[C@H](C(=O)NCCCCC1=NCC(c2ccc3c(c2)Oc2ccc(C4CN=C([C@@H]5CCCN5C(=O)[C@@H](NC(=O)OC)C(C)C)N4)cc2O3)N1)C(C)C. The van der Waals surface area contributed by atoms with E-state index in [0.717, 1.165) is 54.9 Å². The van der Waals surface area contributed by atoms with Crippen LogP contribution in [0.25, 0.3) is 0 Å². The molecule has 16 heteroatoms. The third kappa shape index (κ3) is 9.28. The van der Waals surface area contributed by atoms with Crippen LogP contribution in [0.15, 0.2) is 46.4 Å². The number of benzene rings is 2. The number of amides is 4. The molecule has 0 aliphatic carbocycles. The Morgan fingerprint density at radius 1 is 0.804 bits per heavy atom. The molecule has 1 saturated heterocycles. The lowest BCUT2D eigenvalue weighted by Crippen LogP contribution is -2.54. The highest BCUT2D eigenvalue weighted by atomic mass is 16.6. The van der Waals surface area contributed by atoms with Gasteiger partial charge in [0.05, 0.1) is 51.3 Å². The first-order chi connectivity index (χ1) is 26.9. The fourth-order valence-corrected chi connectivity index (χ4v) is 7.38. The molecule has 4 aliphatic heterocycles. The standard InChI is InChI=1S/C40H54N8O8/c1-22(2)34(46-39(51)53-5)37(49)41-16-8-7-11-33-42-20-26(44-33)24-12-14-29-31(18-24)55-30-15-13-25(19-32(30)56-29)27-21-43-36(45-27)28-10-9-17-48(28)38(50)35(23(3)4)47-40(52)54-6/h12-15,18-19,22-23,26-28,34-35H,7-11,16-17,20-21H2,1-6H3,(H,41,49)(H,42,44)(H,43,45)(H,46,51)(H,47,52)/t26?,27?,28-,34-,35-/m0/s1. The number of hydrogen-bond donors (Lipinski definition) is 5. The fourth-order valence-electron chi connectivity index (χ4n) is 7.38. The summed E-state index contributed by atoms with van der Waals surface area (Å²) in [5, 5.41) is 15.3. The molecular formula is C40H54N8O8. The van der Waals surface area contributed by atoms with Crippen molar-refractivity contribution >= 4 is 35.7 Å². The van der Waals surface area contributed by atoms with Crippen molar-refractivity contribution in [3.8, 4) is 23.0 Å². The summed E-state index contributed by atoms with van der Waals surface area (Å²) in [4.78, 5) is 61.1. The number of hydrogen-bond acceptors (Lipinski definition) is 12. The highest BCUT2D eigenvalue weighted by Gasteiger charge is 2.40. The average molecular weight is 775 g/mol. The minimum absolute atomic E-state index is 0.00710. The maximum atomic E-state index is 13.6. The van der Waals surface area contributed by atoms with E-state index in [1.54, 1.807) is 0 Å². The number of ether oxygens (including phenoxy) is 4. The van der Waals surface area contributed by atoms with E-state index in [2.05, 4.69) is 31.3 Å². The number of methoxy groups -OCH3 is 2. The van der Waals surface area contributed by atoms with Crippen LogP contribution in [0.1, 0.15) is 83.0 Å². The van der Waals surface area contributed by atoms with Gasteiger partial charge in [0.2, 0.25) is 11.8 Å². The van der Waals surface area contributed by atoms with Crippen LogP contribution < -0.4 is 36.1 Å². The number of nitrogens with one attached hydrogen (secondary N) is 5. The molecule has 16 nitrogen and oxygen atoms in total. The maximum absolute atomic E-state index is 13.6. The van der Waals surface area contributed by atoms with Crippen molar-refractivity contribution in [2.75, 3.05) is 40.4 Å². The zero-order valence-electron chi connectivity index (χ0n) is 33.0. The Hall–Kier alpha value is -5.54. The first-order valence-electron chi connectivity index (χ1n) is 19.5. The van der Waals surface area contributed by atoms with E-state index >= 15 is 0 Å². The summed E-state index contributed by atoms with van der Waals surface area (Å²) >= 11 is 0. The molecule has 4 aliphatic rings. The zero-order valence-corrected chi connectivity index (χ0v) is 33.0. The number of unbranched alkanes of at least 4 members (excludes halogenated alkanes) is 1. The van der Waals surface area contributed by atoms with Crippen molar-refractivity contribution in [1.29, 1.82) is 0 Å². The number of fused-ring (bicyclic) bond motifs is 2. The molecule has 5 N–H and O–H groups in total. The van der Waals surface area contributed by atoms with Gasteiger partial charge in [-0.2, -0.15) is 0 Å². The van der Waals surface area contributed by atoms with Gasteiger partial charge in [0.25, 0.3) is 0 Å². The van der Waals surface area contributed by atoms with E-state index in [0.29, 0.717) is 49.2 Å². The number of alkyl carbamates (subject to hydrolysis) is 2. The van der Waals surface area contributed by atoms with E-state index < -0.39 is 24.3 Å². The van der Waals surface area contributed by atoms with Gasteiger partial charge in [-0.25, -0.2) is 9.59 Å². The third-order valence-electron chi connectivity index (χ3n) is 10.5. The summed E-state index contributed by atoms with van der Waals surface area (Å²) in [6.07, 6.45) is 2.75. The predicted octanol–water partition coefficient (Wildman–Crippen LogP) is 4.71. The largest absolute Gasteiger partial charge is 0.453 e. The lowest BCUT2D eigenvalue weighted by atomic mass is 10.0. The molecule has 0 bridgehead atoms. The van der Waals surface area contributed by atoms with Crippen molar-refractivity contribution in [3.05, 3.63) is 47.5 Å². The summed E-state index contributed by atoms with van der Waals surface area (Å²) in [6.45, 7) is 9.76. The molecule has 2 aromatic carbocycles. The molecule has 0 aromatic heterocycles. The summed E-state index contributed by atoms with van der Waals surface area (Å²) in [6, 6.07) is 10.2. The third-order valence-corrected chi connectivity index (χ3v) is 10.5. The van der Waals surface area contributed by atoms with Gasteiger partial charge in [0.1, 0.15) is 17.9 Å². The average Bonchev–Trinajstić information content (AvgIpc) is 3.99. The number of aliphatic imine (C=N–C) groups is 2. The molecule has 4 amide bonds. The quantitative estimate of drug-likeness (QED) is 0.143. The molecule has 0 radical (unpaired) electrons. The van der Waals surface area contributed by atoms with E-state index in [9.17, 15) is 19.2 Å². The molecule has 56 heavy (non-hydrogen) atoms. The second-order valence-corrected chi connectivity index (χ2v) is 15.2. The van der Waals surface area contributed by atoms with Crippen LogP contribution in [-0.2, 0) is 19.1 Å². The lowest BCUT2D eigenvalue weighted by molar-refractivity contribution is -0.134. The van der Waals surface area contributed by atoms with E-state index in [1.165, 1.54) is 14.2 Å². The van der Waals surface area contributed by atoms with Gasteiger partial charge in [0.15, 0.2) is 23.0 Å². The molecule has 1 fully saturated rings. The van der Waals surface area contributed by atoms with Crippen LogP contribution >= 0.6 is 0 Å². The second-order valence-electron chi connectivity index (χ2n) is 15.2. The zero-order chi connectivity index (χ0) is 39.9. The highest BCUT2D eigenvalue weighted by molar-refractivity contribution is 5.95. The van der Waals surface area contributed by atoms with E-state index in [-0.39, 0.29) is 41.8 Å². The first kappa shape index (κ1) is 40.1. The van der Waals surface area contributed by atoms with Crippen LogP contribution in [0, 0.1) is 11.8 Å². The first-order valence-corrected chi connectivity index (χ1v) is 19.5. The topological polar surface area (TPSA) is 193 Å². The van der Waals surface area contributed by atoms with Crippen LogP contribution in [0.5, 0.6) is 23.0 Å². The monoisotopic (exact) mass is 774 g/mol. The summed E-state index contributed by atoms with van der Waals surface area (Å²) in [5.41, 5.74) is 2.03. The Balaban J connectivity index is 0.977. The van der Waals surface area contributed by atoms with Gasteiger partial charge in [-0.05, 0) is 72.9 Å². The summed E-state index contributed by atoms with van der Waals surface area (Å²) in [5.74, 6) is 3.64. The Kier molecular flexibility index (Phi) is 12.9. The van der Waals surface area contributed by atoms with Gasteiger partial charge in [-0.1, -0.05) is 39.8 Å². The molecule has 6 rings (SSSR count). The van der Waals surface area contributed by atoms with Crippen molar-refractivity contribution in [2.45, 2.75) is 90.0 Å². The molecule has 5 atom stereocenters. The van der Waals surface area contributed by atoms with Crippen molar-refractivity contribution < 1.29 is 38.1 Å². The van der Waals surface area contributed by atoms with Gasteiger partial charge < -0.3 is 50.4 Å². The van der Waals surface area contributed by atoms with E-state index in [4.69, 9.17) is 24.2 Å². The van der Waals surface area contributed by atoms with Gasteiger partial charge in [-0.15, -0.1) is 0 Å². The van der Waals surface area contributed by atoms with Crippen LogP contribution in [0.2, 0.25) is 0 Å². The fraction of sp³-hybridized carbons (Fsp3) is 0.550. The molecule has 0 saturated carbocycles. The number of carbonyl (C=O) groups is 4. The van der Waals surface area contributed by atoms with Crippen LogP contribution in [0.4, 0.5) is 9.59 Å². The summed E-state index contributed by atoms with van der Waals surface area (Å²) in [7, 11) is 2.56. The van der Waals surface area contributed by atoms with Crippen LogP contribution in [-0.4, -0.2) is 99.1 Å². The second kappa shape index (κ2) is 17.9. The predicted molar refractivity (Wildman–Crippen MR) is 209 cm³/mol. The van der Waals surface area contributed by atoms with E-state index in [1.807, 2.05) is 69.0 Å². The summed E-state index contributed by atoms with van der Waals surface area (Å²) < 4.78 is 22.1. The molecule has 2 aromatic rings. The number of amidine groups is 2. The normalized spacial score (nSPS) is 20.6. The van der Waals surface area contributed by atoms with Crippen LogP contribution in [0.3, 0.4) is 0 Å². The lowest BCUT2D eigenvalue weighted by Gasteiger charge is -2.31. The number of carbonyl (C=O) groups excluding carboxylic acids is 4. The number of nitrogens with zero attached hydrogens (tertiary/aromatic N) is 3. The number of likely N-dealkylation sites (tertiary alicyclic amines) is 1. The minimum Gasteiger partial charge on any atom is -0.453 e. The minimum atomic E-state index is -0.689. The smallest absolute Gasteiger partial charge is 0.407 e. The molecule has 4 heterocycles. The Morgan fingerprint density at radius 2 is 1.39 bits per heavy atom. The maximum Gasteiger partial charge on any atom is 0.407 e. The Morgan fingerprint density at radius 3 is 2.00 bits per heavy atom.